The Kier molecular flexibility index (Phi) is 4.66. The van der Waals surface area contributed by atoms with Crippen LogP contribution in [0.25, 0.3) is 0 Å². The normalized spacial score (nSPS) is 12.3. The number of nitrogens with two attached hydrogens (primary N) is 1. The van der Waals surface area contributed by atoms with Crippen molar-refractivity contribution in [2.45, 2.75) is 19.9 Å². The Morgan fingerprint density at radius 3 is 2.11 bits per heavy atom. The largest absolute Gasteiger partial charge is 0.455 e. The molecule has 4 heteroatoms. The lowest BCUT2D eigenvalue weighted by Gasteiger charge is -2.12. The van der Waals surface area contributed by atoms with Gasteiger partial charge in [-0.3, -0.25) is 0 Å². The molecule has 2 aromatic rings. The molecule has 0 radical (unpaired) electrons. The van der Waals surface area contributed by atoms with Gasteiger partial charge in [-0.05, 0) is 81.1 Å². The molecule has 1 atom stereocenters. The highest BCUT2D eigenvalue weighted by Gasteiger charge is 2.08. The lowest BCUT2D eigenvalue weighted by Crippen LogP contribution is -2.04. The number of ether oxygens (including phenoxy) is 1. The summed E-state index contributed by atoms with van der Waals surface area (Å²) in [6, 6.07) is 11.9. The number of benzene rings is 2. The molecule has 0 saturated heterocycles. The SMILES string of the molecule is Cc1ccc(Oc2ccc([C@H](C)N)cc2Br)c(Br)c1. The second-order valence-electron chi connectivity index (χ2n) is 4.51. The summed E-state index contributed by atoms with van der Waals surface area (Å²) < 4.78 is 7.73. The Labute approximate surface area is 130 Å². The third-order valence-electron chi connectivity index (χ3n) is 2.79. The summed E-state index contributed by atoms with van der Waals surface area (Å²) in [6.07, 6.45) is 0. The minimum Gasteiger partial charge on any atom is -0.455 e. The fourth-order valence-corrected chi connectivity index (χ4v) is 2.74. The monoisotopic (exact) mass is 383 g/mol. The predicted octanol–water partition coefficient (Wildman–Crippen LogP) is 5.33. The average molecular weight is 385 g/mol. The molecule has 0 heterocycles. The van der Waals surface area contributed by atoms with Gasteiger partial charge in [0.15, 0.2) is 0 Å². The minimum absolute atomic E-state index is 0.0106. The summed E-state index contributed by atoms with van der Waals surface area (Å²) in [5.41, 5.74) is 8.11. The van der Waals surface area contributed by atoms with Crippen molar-refractivity contribution in [3.8, 4) is 11.5 Å². The maximum Gasteiger partial charge on any atom is 0.141 e. The maximum atomic E-state index is 5.90. The van der Waals surface area contributed by atoms with Gasteiger partial charge in [-0.25, -0.2) is 0 Å². The molecule has 2 nitrogen and oxygen atoms in total. The van der Waals surface area contributed by atoms with Gasteiger partial charge in [0.05, 0.1) is 8.95 Å². The van der Waals surface area contributed by atoms with E-state index in [-0.39, 0.29) is 6.04 Å². The van der Waals surface area contributed by atoms with Crippen LogP contribution in [0.3, 0.4) is 0 Å². The van der Waals surface area contributed by atoms with Crippen LogP contribution < -0.4 is 10.5 Å². The van der Waals surface area contributed by atoms with Crippen LogP contribution in [0.5, 0.6) is 11.5 Å². The van der Waals surface area contributed by atoms with Gasteiger partial charge in [0.2, 0.25) is 0 Å². The Morgan fingerprint density at radius 2 is 1.58 bits per heavy atom. The van der Waals surface area contributed by atoms with Crippen molar-refractivity contribution in [1.29, 1.82) is 0 Å². The van der Waals surface area contributed by atoms with Gasteiger partial charge in [-0.1, -0.05) is 12.1 Å². The lowest BCUT2D eigenvalue weighted by molar-refractivity contribution is 0.476. The third kappa shape index (κ3) is 3.59. The molecule has 0 spiro atoms. The van der Waals surface area contributed by atoms with E-state index in [4.69, 9.17) is 10.5 Å². The molecule has 0 aromatic heterocycles. The minimum atomic E-state index is 0.0106. The first-order chi connectivity index (χ1) is 8.97. The van der Waals surface area contributed by atoms with Crippen LogP contribution in [0.4, 0.5) is 0 Å². The molecule has 2 rings (SSSR count). The van der Waals surface area contributed by atoms with Crippen LogP contribution >= 0.6 is 31.9 Å². The highest BCUT2D eigenvalue weighted by molar-refractivity contribution is 9.11. The van der Waals surface area contributed by atoms with E-state index in [2.05, 4.69) is 31.9 Å². The number of rotatable bonds is 3. The second-order valence-corrected chi connectivity index (χ2v) is 6.22. The van der Waals surface area contributed by atoms with Crippen molar-refractivity contribution < 1.29 is 4.74 Å². The van der Waals surface area contributed by atoms with E-state index >= 15 is 0 Å². The van der Waals surface area contributed by atoms with Crippen LogP contribution in [0, 0.1) is 6.92 Å². The van der Waals surface area contributed by atoms with Crippen LogP contribution in [0.15, 0.2) is 45.3 Å². The Hall–Kier alpha value is -0.840. The Morgan fingerprint density at radius 1 is 1.00 bits per heavy atom. The third-order valence-corrected chi connectivity index (χ3v) is 4.03. The fraction of sp³-hybridized carbons (Fsp3) is 0.200. The molecule has 0 fully saturated rings. The van der Waals surface area contributed by atoms with Crippen LogP contribution in [0.2, 0.25) is 0 Å². The smallest absolute Gasteiger partial charge is 0.141 e. The lowest BCUT2D eigenvalue weighted by atomic mass is 10.1. The standard InChI is InChI=1S/C15H15Br2NO/c1-9-3-5-14(12(16)7-9)19-15-6-4-11(10(2)18)8-13(15)17/h3-8,10H,18H2,1-2H3/t10-/m0/s1. The fourth-order valence-electron chi connectivity index (χ4n) is 1.69. The van der Waals surface area contributed by atoms with E-state index in [9.17, 15) is 0 Å². The highest BCUT2D eigenvalue weighted by Crippen LogP contribution is 2.35. The highest BCUT2D eigenvalue weighted by atomic mass is 79.9. The molecule has 0 unspecified atom stereocenters. The van der Waals surface area contributed by atoms with Gasteiger partial charge in [0.25, 0.3) is 0 Å². The summed E-state index contributed by atoms with van der Waals surface area (Å²) in [7, 11) is 0. The molecule has 0 amide bonds. The number of halogens is 2. The van der Waals surface area contributed by atoms with E-state index in [0.717, 1.165) is 26.0 Å². The first-order valence-corrected chi connectivity index (χ1v) is 7.55. The molecule has 0 aliphatic carbocycles. The van der Waals surface area contributed by atoms with Gasteiger partial charge in [-0.15, -0.1) is 0 Å². The van der Waals surface area contributed by atoms with Crippen molar-refractivity contribution >= 4 is 31.9 Å². The van der Waals surface area contributed by atoms with E-state index in [0.29, 0.717) is 0 Å². The molecule has 19 heavy (non-hydrogen) atoms. The predicted molar refractivity (Wildman–Crippen MR) is 85.7 cm³/mol. The van der Waals surface area contributed by atoms with E-state index in [1.165, 1.54) is 5.56 Å². The molecule has 2 aromatic carbocycles. The molecular weight excluding hydrogens is 370 g/mol. The van der Waals surface area contributed by atoms with E-state index < -0.39 is 0 Å². The Balaban J connectivity index is 2.28. The number of hydrogen-bond acceptors (Lipinski definition) is 2. The first kappa shape index (κ1) is 14.6. The summed E-state index contributed by atoms with van der Waals surface area (Å²) in [6.45, 7) is 4.00. The van der Waals surface area contributed by atoms with Crippen molar-refractivity contribution in [1.82, 2.24) is 0 Å². The summed E-state index contributed by atoms with van der Waals surface area (Å²) in [4.78, 5) is 0. The molecule has 2 N–H and O–H groups in total. The molecule has 0 aliphatic heterocycles. The van der Waals surface area contributed by atoms with Crippen molar-refractivity contribution in [3.05, 3.63) is 56.5 Å². The zero-order valence-corrected chi connectivity index (χ0v) is 14.0. The van der Waals surface area contributed by atoms with Crippen molar-refractivity contribution in [2.24, 2.45) is 5.73 Å². The van der Waals surface area contributed by atoms with Gasteiger partial charge >= 0.3 is 0 Å². The summed E-state index contributed by atoms with van der Waals surface area (Å²) >= 11 is 7.02. The van der Waals surface area contributed by atoms with E-state index in [1.807, 2.05) is 50.2 Å². The average Bonchev–Trinajstić information content (AvgIpc) is 2.34. The molecule has 100 valence electrons. The number of hydrogen-bond donors (Lipinski definition) is 1. The zero-order valence-electron chi connectivity index (χ0n) is 10.8. The van der Waals surface area contributed by atoms with Gasteiger partial charge in [-0.2, -0.15) is 0 Å². The molecular formula is C15H15Br2NO. The van der Waals surface area contributed by atoms with Crippen molar-refractivity contribution in [2.75, 3.05) is 0 Å². The second kappa shape index (κ2) is 6.07. The van der Waals surface area contributed by atoms with Crippen LogP contribution in [-0.4, -0.2) is 0 Å². The molecule has 0 aliphatic rings. The van der Waals surface area contributed by atoms with Gasteiger partial charge in [0, 0.05) is 6.04 Å². The van der Waals surface area contributed by atoms with Crippen LogP contribution in [0.1, 0.15) is 24.1 Å². The Bertz CT molecular complexity index is 597. The zero-order chi connectivity index (χ0) is 14.0. The quantitative estimate of drug-likeness (QED) is 0.775. The van der Waals surface area contributed by atoms with Gasteiger partial charge in [0.1, 0.15) is 11.5 Å². The topological polar surface area (TPSA) is 35.2 Å². The van der Waals surface area contributed by atoms with Crippen molar-refractivity contribution in [3.63, 3.8) is 0 Å². The molecule has 0 saturated carbocycles. The van der Waals surface area contributed by atoms with Gasteiger partial charge < -0.3 is 10.5 Å². The van der Waals surface area contributed by atoms with E-state index in [1.54, 1.807) is 0 Å². The summed E-state index contributed by atoms with van der Waals surface area (Å²) in [5, 5.41) is 0. The molecule has 0 bridgehead atoms. The maximum absolute atomic E-state index is 5.90. The number of aryl methyl sites for hydroxylation is 1. The summed E-state index contributed by atoms with van der Waals surface area (Å²) in [5.74, 6) is 1.56. The van der Waals surface area contributed by atoms with Crippen LogP contribution in [-0.2, 0) is 0 Å². The first-order valence-electron chi connectivity index (χ1n) is 5.96.